The summed E-state index contributed by atoms with van der Waals surface area (Å²) in [7, 11) is 0. The van der Waals surface area contributed by atoms with Gasteiger partial charge in [-0.15, -0.1) is 0 Å². The van der Waals surface area contributed by atoms with Gasteiger partial charge in [0.05, 0.1) is 15.9 Å². The van der Waals surface area contributed by atoms with Crippen LogP contribution in [0.3, 0.4) is 0 Å². The van der Waals surface area contributed by atoms with Gasteiger partial charge in [0.1, 0.15) is 0 Å². The van der Waals surface area contributed by atoms with Crippen molar-refractivity contribution >= 4 is 27.7 Å². The van der Waals surface area contributed by atoms with Crippen molar-refractivity contribution < 1.29 is 0 Å². The third kappa shape index (κ3) is 3.81. The Kier molecular flexibility index (Phi) is 5.90. The second kappa shape index (κ2) is 6.70. The molecule has 0 aliphatic heterocycles. The summed E-state index contributed by atoms with van der Waals surface area (Å²) < 4.78 is 3.29. The fraction of sp³-hybridized carbons (Fsp3) is 0.750. The van der Waals surface area contributed by atoms with E-state index in [4.69, 9.17) is 0 Å². The van der Waals surface area contributed by atoms with E-state index in [1.165, 1.54) is 22.3 Å². The normalized spacial score (nSPS) is 11.4. The maximum Gasteiger partial charge on any atom is 0.0739 e. The van der Waals surface area contributed by atoms with Gasteiger partial charge < -0.3 is 0 Å². The number of hydrogen-bond donors (Lipinski definition) is 0. The highest BCUT2D eigenvalue weighted by Gasteiger charge is 2.11. The molecule has 0 atom stereocenters. The van der Waals surface area contributed by atoms with Crippen LogP contribution in [0.15, 0.2) is 4.47 Å². The maximum atomic E-state index is 4.50. The van der Waals surface area contributed by atoms with Crippen LogP contribution in [-0.2, 0) is 12.3 Å². The lowest BCUT2D eigenvalue weighted by molar-refractivity contribution is 0.626. The number of thioether (sulfide) groups is 1. The van der Waals surface area contributed by atoms with E-state index in [1.807, 2.05) is 11.8 Å². The van der Waals surface area contributed by atoms with Gasteiger partial charge in [0, 0.05) is 12.3 Å². The van der Waals surface area contributed by atoms with Gasteiger partial charge in [0.15, 0.2) is 0 Å². The molecule has 0 aliphatic rings. The Morgan fingerprint density at radius 1 is 1.44 bits per heavy atom. The predicted molar refractivity (Wildman–Crippen MR) is 76.0 cm³/mol. The largest absolute Gasteiger partial charge is 0.268 e. The van der Waals surface area contributed by atoms with Crippen molar-refractivity contribution in [1.29, 1.82) is 0 Å². The smallest absolute Gasteiger partial charge is 0.0739 e. The molecule has 1 rings (SSSR count). The first kappa shape index (κ1) is 14.1. The Balaban J connectivity index is 2.52. The molecular weight excluding hydrogens is 284 g/mol. The Morgan fingerprint density at radius 2 is 2.12 bits per heavy atom. The fourth-order valence-electron chi connectivity index (χ4n) is 1.49. The molecule has 0 spiro atoms. The highest BCUT2D eigenvalue weighted by molar-refractivity contribution is 9.10. The highest BCUT2D eigenvalue weighted by Crippen LogP contribution is 2.25. The Bertz CT molecular complexity index is 334. The van der Waals surface area contributed by atoms with Crippen LogP contribution in [0.4, 0.5) is 0 Å². The van der Waals surface area contributed by atoms with E-state index in [-0.39, 0.29) is 0 Å². The topological polar surface area (TPSA) is 17.8 Å². The molecule has 0 aliphatic carbocycles. The zero-order chi connectivity index (χ0) is 12.1. The van der Waals surface area contributed by atoms with E-state index in [1.54, 1.807) is 0 Å². The molecular formula is C12H21BrN2S. The third-order valence-corrected chi connectivity index (χ3v) is 4.56. The molecule has 0 aromatic carbocycles. The second-order valence-corrected chi connectivity index (χ2v) is 6.30. The van der Waals surface area contributed by atoms with Crippen LogP contribution >= 0.6 is 27.7 Å². The first-order valence-electron chi connectivity index (χ1n) is 5.85. The van der Waals surface area contributed by atoms with Crippen LogP contribution in [0.1, 0.15) is 38.6 Å². The summed E-state index contributed by atoms with van der Waals surface area (Å²) in [4.78, 5) is 0. The molecule has 1 aromatic rings. The standard InChI is InChI=1S/C12H21BrN2S/c1-5-15-11(12(13)10(4)14-15)8-16-7-6-9(2)3/h9H,5-8H2,1-4H3. The zero-order valence-corrected chi connectivity index (χ0v) is 13.0. The van der Waals surface area contributed by atoms with Gasteiger partial charge in [-0.1, -0.05) is 13.8 Å². The Labute approximate surface area is 111 Å². The van der Waals surface area contributed by atoms with Crippen molar-refractivity contribution in [3.05, 3.63) is 15.9 Å². The summed E-state index contributed by atoms with van der Waals surface area (Å²) in [6.45, 7) is 9.69. The lowest BCUT2D eigenvalue weighted by Crippen LogP contribution is -2.02. The van der Waals surface area contributed by atoms with Crippen molar-refractivity contribution in [1.82, 2.24) is 9.78 Å². The summed E-state index contributed by atoms with van der Waals surface area (Å²) in [5.74, 6) is 3.09. The van der Waals surface area contributed by atoms with Gasteiger partial charge in [-0.05, 0) is 47.9 Å². The SMILES string of the molecule is CCn1nc(C)c(Br)c1CSCCC(C)C. The Hall–Kier alpha value is 0.0400. The monoisotopic (exact) mass is 304 g/mol. The van der Waals surface area contributed by atoms with Crippen molar-refractivity contribution in [3.63, 3.8) is 0 Å². The van der Waals surface area contributed by atoms with Crippen molar-refractivity contribution in [2.75, 3.05) is 5.75 Å². The summed E-state index contributed by atoms with van der Waals surface area (Å²) in [5, 5.41) is 4.50. The van der Waals surface area contributed by atoms with Gasteiger partial charge in [0.25, 0.3) is 0 Å². The van der Waals surface area contributed by atoms with E-state index in [2.05, 4.69) is 53.4 Å². The highest BCUT2D eigenvalue weighted by atomic mass is 79.9. The van der Waals surface area contributed by atoms with Gasteiger partial charge in [0.2, 0.25) is 0 Å². The second-order valence-electron chi connectivity index (χ2n) is 4.40. The van der Waals surface area contributed by atoms with Gasteiger partial charge in [-0.25, -0.2) is 0 Å². The molecule has 0 radical (unpaired) electrons. The number of nitrogens with zero attached hydrogens (tertiary/aromatic N) is 2. The molecule has 2 nitrogen and oxygen atoms in total. The maximum absolute atomic E-state index is 4.50. The molecule has 4 heteroatoms. The van der Waals surface area contributed by atoms with E-state index < -0.39 is 0 Å². The minimum absolute atomic E-state index is 0.800. The molecule has 0 saturated carbocycles. The van der Waals surface area contributed by atoms with Crippen LogP contribution in [0, 0.1) is 12.8 Å². The number of aryl methyl sites for hydroxylation is 2. The summed E-state index contributed by atoms with van der Waals surface area (Å²) in [6, 6.07) is 0. The zero-order valence-electron chi connectivity index (χ0n) is 10.6. The number of rotatable bonds is 6. The summed E-state index contributed by atoms with van der Waals surface area (Å²) in [6.07, 6.45) is 1.29. The lowest BCUT2D eigenvalue weighted by atomic mass is 10.2. The molecule has 0 fully saturated rings. The summed E-state index contributed by atoms with van der Waals surface area (Å²) >= 11 is 5.63. The van der Waals surface area contributed by atoms with E-state index in [0.717, 1.165) is 23.9 Å². The lowest BCUT2D eigenvalue weighted by Gasteiger charge is -2.06. The van der Waals surface area contributed by atoms with E-state index >= 15 is 0 Å². The molecule has 0 bridgehead atoms. The van der Waals surface area contributed by atoms with Crippen LogP contribution in [0.5, 0.6) is 0 Å². The molecule has 16 heavy (non-hydrogen) atoms. The minimum atomic E-state index is 0.800. The molecule has 1 heterocycles. The minimum Gasteiger partial charge on any atom is -0.268 e. The number of aromatic nitrogens is 2. The number of halogens is 1. The van der Waals surface area contributed by atoms with Gasteiger partial charge in [-0.3, -0.25) is 4.68 Å². The van der Waals surface area contributed by atoms with Crippen molar-refractivity contribution in [3.8, 4) is 0 Å². The molecule has 0 N–H and O–H groups in total. The predicted octanol–water partition coefficient (Wildman–Crippen LogP) is 4.25. The molecule has 0 unspecified atom stereocenters. The molecule has 0 amide bonds. The Morgan fingerprint density at radius 3 is 2.69 bits per heavy atom. The van der Waals surface area contributed by atoms with Crippen LogP contribution < -0.4 is 0 Å². The van der Waals surface area contributed by atoms with Gasteiger partial charge in [-0.2, -0.15) is 16.9 Å². The van der Waals surface area contributed by atoms with E-state index in [9.17, 15) is 0 Å². The van der Waals surface area contributed by atoms with Gasteiger partial charge >= 0.3 is 0 Å². The first-order chi connectivity index (χ1) is 7.56. The van der Waals surface area contributed by atoms with E-state index in [0.29, 0.717) is 0 Å². The van der Waals surface area contributed by atoms with Crippen molar-refractivity contribution in [2.45, 2.75) is 46.4 Å². The average Bonchev–Trinajstić information content (AvgIpc) is 2.50. The first-order valence-corrected chi connectivity index (χ1v) is 7.80. The summed E-state index contributed by atoms with van der Waals surface area (Å²) in [5.41, 5.74) is 2.43. The molecule has 1 aromatic heterocycles. The van der Waals surface area contributed by atoms with Crippen molar-refractivity contribution in [2.24, 2.45) is 5.92 Å². The van der Waals surface area contributed by atoms with Crippen LogP contribution in [0.25, 0.3) is 0 Å². The fourth-order valence-corrected chi connectivity index (χ4v) is 3.37. The molecule has 92 valence electrons. The number of hydrogen-bond acceptors (Lipinski definition) is 2. The quantitative estimate of drug-likeness (QED) is 0.731. The average molecular weight is 305 g/mol. The molecule has 0 saturated heterocycles. The third-order valence-electron chi connectivity index (χ3n) is 2.53. The van der Waals surface area contributed by atoms with Crippen LogP contribution in [0.2, 0.25) is 0 Å². The van der Waals surface area contributed by atoms with Crippen LogP contribution in [-0.4, -0.2) is 15.5 Å².